The molecule has 3 heterocycles. The molecule has 0 atom stereocenters. The SMILES string of the molecule is CCc1cccc(-c2cc(Nc3cccc(CO)n3)c(C=N)c(-c3cnn(C(F)(F)F)c3)c2)n1. The molecule has 0 spiro atoms. The second-order valence-corrected chi connectivity index (χ2v) is 7.44. The number of benzene rings is 1. The number of anilines is 2. The number of pyridine rings is 2. The minimum atomic E-state index is -4.66. The average Bonchev–Trinajstić information content (AvgIpc) is 3.35. The molecule has 0 saturated heterocycles. The highest BCUT2D eigenvalue weighted by molar-refractivity contribution is 5.98. The molecule has 3 aromatic heterocycles. The summed E-state index contributed by atoms with van der Waals surface area (Å²) in [6, 6.07) is 14.1. The Hall–Kier alpha value is -4.05. The predicted molar refractivity (Wildman–Crippen MR) is 123 cm³/mol. The van der Waals surface area contributed by atoms with E-state index in [9.17, 15) is 18.3 Å². The van der Waals surface area contributed by atoms with Crippen LogP contribution in [0.2, 0.25) is 0 Å². The normalized spacial score (nSPS) is 11.4. The van der Waals surface area contributed by atoms with Crippen LogP contribution < -0.4 is 5.32 Å². The van der Waals surface area contributed by atoms with Crippen molar-refractivity contribution >= 4 is 17.7 Å². The van der Waals surface area contributed by atoms with Gasteiger partial charge in [-0.25, -0.2) is 4.98 Å². The first-order valence-corrected chi connectivity index (χ1v) is 10.4. The first-order valence-electron chi connectivity index (χ1n) is 10.4. The number of hydrogen-bond donors (Lipinski definition) is 3. The van der Waals surface area contributed by atoms with E-state index in [1.165, 1.54) is 0 Å². The molecule has 0 amide bonds. The highest BCUT2D eigenvalue weighted by atomic mass is 19.4. The van der Waals surface area contributed by atoms with Gasteiger partial charge in [0.25, 0.3) is 0 Å². The van der Waals surface area contributed by atoms with Gasteiger partial charge in [-0.15, -0.1) is 13.2 Å². The van der Waals surface area contributed by atoms with Gasteiger partial charge < -0.3 is 15.8 Å². The van der Waals surface area contributed by atoms with Gasteiger partial charge in [-0.1, -0.05) is 19.1 Å². The van der Waals surface area contributed by atoms with Crippen molar-refractivity contribution in [2.24, 2.45) is 0 Å². The zero-order valence-corrected chi connectivity index (χ0v) is 18.1. The Morgan fingerprint density at radius 2 is 1.82 bits per heavy atom. The first kappa shape index (κ1) is 23.1. The van der Waals surface area contributed by atoms with Crippen LogP contribution in [0.1, 0.15) is 23.9 Å². The number of alkyl halides is 3. The Morgan fingerprint density at radius 3 is 2.50 bits per heavy atom. The van der Waals surface area contributed by atoms with Crippen molar-refractivity contribution in [3.05, 3.63) is 77.9 Å². The third-order valence-electron chi connectivity index (χ3n) is 5.17. The number of aromatic nitrogens is 4. The summed E-state index contributed by atoms with van der Waals surface area (Å²) in [5.41, 5.74) is 3.99. The van der Waals surface area contributed by atoms with Gasteiger partial charge in [-0.2, -0.15) is 9.78 Å². The lowest BCUT2D eigenvalue weighted by atomic mass is 9.96. The monoisotopic (exact) mass is 466 g/mol. The number of rotatable bonds is 7. The second-order valence-electron chi connectivity index (χ2n) is 7.44. The van der Waals surface area contributed by atoms with Crippen molar-refractivity contribution in [3.8, 4) is 22.4 Å². The Labute approximate surface area is 193 Å². The molecule has 4 aromatic rings. The molecule has 0 aliphatic rings. The summed E-state index contributed by atoms with van der Waals surface area (Å²) in [4.78, 5) is 8.95. The van der Waals surface area contributed by atoms with E-state index in [1.807, 2.05) is 25.1 Å². The van der Waals surface area contributed by atoms with Crippen LogP contribution in [0.4, 0.5) is 24.7 Å². The molecule has 4 rings (SSSR count). The molecule has 0 radical (unpaired) electrons. The maximum Gasteiger partial charge on any atom is 0.504 e. The van der Waals surface area contributed by atoms with Crippen molar-refractivity contribution < 1.29 is 18.3 Å². The molecule has 3 N–H and O–H groups in total. The van der Waals surface area contributed by atoms with E-state index in [1.54, 1.807) is 30.3 Å². The predicted octanol–water partition coefficient (Wildman–Crippen LogP) is 5.28. The van der Waals surface area contributed by atoms with Crippen molar-refractivity contribution in [2.75, 3.05) is 5.32 Å². The Balaban J connectivity index is 1.90. The maximum absolute atomic E-state index is 13.2. The van der Waals surface area contributed by atoms with Gasteiger partial charge in [0.2, 0.25) is 0 Å². The van der Waals surface area contributed by atoms with E-state index in [4.69, 9.17) is 5.41 Å². The molecule has 34 heavy (non-hydrogen) atoms. The lowest BCUT2D eigenvalue weighted by molar-refractivity contribution is -0.212. The molecule has 10 heteroatoms. The molecule has 174 valence electrons. The lowest BCUT2D eigenvalue weighted by Crippen LogP contribution is -2.16. The fraction of sp³-hybridized carbons (Fsp3) is 0.167. The smallest absolute Gasteiger partial charge is 0.390 e. The van der Waals surface area contributed by atoms with Crippen LogP contribution in [0.25, 0.3) is 22.4 Å². The summed E-state index contributed by atoms with van der Waals surface area (Å²) in [6.07, 6.45) is -0.868. The van der Waals surface area contributed by atoms with Crippen LogP contribution in [-0.2, 0) is 19.3 Å². The van der Waals surface area contributed by atoms with Crippen molar-refractivity contribution in [3.63, 3.8) is 0 Å². The van der Waals surface area contributed by atoms with E-state index < -0.39 is 6.30 Å². The molecule has 0 saturated carbocycles. The molecular weight excluding hydrogens is 445 g/mol. The van der Waals surface area contributed by atoms with Crippen molar-refractivity contribution in [1.29, 1.82) is 5.41 Å². The summed E-state index contributed by atoms with van der Waals surface area (Å²) in [7, 11) is 0. The lowest BCUT2D eigenvalue weighted by Gasteiger charge is -2.16. The standard InChI is InChI=1S/C24H21F3N6O/c1-2-17-5-3-7-21(30-17)15-9-19(16-12-29-33(13-16)24(25,26)27)20(11-28)22(10-15)32-23-8-4-6-18(14-34)31-23/h3-13,28,34H,2,14H2,1H3,(H,31,32). The molecule has 0 aliphatic heterocycles. The molecule has 1 aromatic carbocycles. The average molecular weight is 466 g/mol. The van der Waals surface area contributed by atoms with Gasteiger partial charge in [0, 0.05) is 40.5 Å². The minimum Gasteiger partial charge on any atom is -0.390 e. The largest absolute Gasteiger partial charge is 0.504 e. The molecule has 0 fully saturated rings. The van der Waals surface area contributed by atoms with E-state index in [0.29, 0.717) is 39.6 Å². The van der Waals surface area contributed by atoms with Crippen LogP contribution >= 0.6 is 0 Å². The third-order valence-corrected chi connectivity index (χ3v) is 5.17. The maximum atomic E-state index is 13.2. The fourth-order valence-corrected chi connectivity index (χ4v) is 3.51. The van der Waals surface area contributed by atoms with Gasteiger partial charge in [-0.3, -0.25) is 4.98 Å². The molecular formula is C24H21F3N6O. The van der Waals surface area contributed by atoms with Gasteiger partial charge in [0.1, 0.15) is 5.82 Å². The zero-order valence-electron chi connectivity index (χ0n) is 18.1. The van der Waals surface area contributed by atoms with Crippen molar-refractivity contribution in [1.82, 2.24) is 19.7 Å². The van der Waals surface area contributed by atoms with Crippen LogP contribution in [0, 0.1) is 5.41 Å². The summed E-state index contributed by atoms with van der Waals surface area (Å²) >= 11 is 0. The van der Waals surface area contributed by atoms with Gasteiger partial charge in [-0.05, 0) is 48.4 Å². The third kappa shape index (κ3) is 4.81. The van der Waals surface area contributed by atoms with Crippen LogP contribution in [0.15, 0.2) is 60.9 Å². The van der Waals surface area contributed by atoms with Crippen LogP contribution in [0.5, 0.6) is 0 Å². The molecule has 0 bridgehead atoms. The van der Waals surface area contributed by atoms with E-state index >= 15 is 0 Å². The van der Waals surface area contributed by atoms with Gasteiger partial charge in [0.05, 0.1) is 24.2 Å². The highest BCUT2D eigenvalue weighted by Gasteiger charge is 2.32. The van der Waals surface area contributed by atoms with E-state index in [-0.39, 0.29) is 16.9 Å². The Bertz CT molecular complexity index is 1330. The highest BCUT2D eigenvalue weighted by Crippen LogP contribution is 2.36. The van der Waals surface area contributed by atoms with E-state index in [0.717, 1.165) is 30.7 Å². The summed E-state index contributed by atoms with van der Waals surface area (Å²) in [5.74, 6) is 0.416. The number of halogens is 3. The Kier molecular flexibility index (Phi) is 6.42. The Morgan fingerprint density at radius 1 is 1.06 bits per heavy atom. The molecule has 0 aliphatic carbocycles. The summed E-state index contributed by atoms with van der Waals surface area (Å²) in [6.45, 7) is 1.73. The first-order chi connectivity index (χ1) is 16.3. The molecule has 0 unspecified atom stereocenters. The fourth-order valence-electron chi connectivity index (χ4n) is 3.51. The minimum absolute atomic E-state index is 0.0714. The number of nitrogens with zero attached hydrogens (tertiary/aromatic N) is 4. The van der Waals surface area contributed by atoms with Crippen LogP contribution in [0.3, 0.4) is 0 Å². The van der Waals surface area contributed by atoms with Gasteiger partial charge in [0.15, 0.2) is 0 Å². The van der Waals surface area contributed by atoms with Crippen molar-refractivity contribution in [2.45, 2.75) is 26.3 Å². The van der Waals surface area contributed by atoms with Crippen LogP contribution in [-0.4, -0.2) is 31.1 Å². The number of aryl methyl sites for hydroxylation is 1. The number of aliphatic hydroxyl groups is 1. The van der Waals surface area contributed by atoms with E-state index in [2.05, 4.69) is 20.4 Å². The number of nitrogens with one attached hydrogen (secondary N) is 2. The zero-order chi connectivity index (χ0) is 24.3. The summed E-state index contributed by atoms with van der Waals surface area (Å²) < 4.78 is 39.4. The topological polar surface area (TPSA) is 99.7 Å². The van der Waals surface area contributed by atoms with Gasteiger partial charge >= 0.3 is 6.30 Å². The second kappa shape index (κ2) is 9.44. The number of aliphatic hydroxyl groups excluding tert-OH is 1. The quantitative estimate of drug-likeness (QED) is 0.322. The number of hydrogen-bond acceptors (Lipinski definition) is 6. The molecule has 7 nitrogen and oxygen atoms in total. The summed E-state index contributed by atoms with van der Waals surface area (Å²) in [5, 5.41) is 24.0.